The van der Waals surface area contributed by atoms with E-state index in [9.17, 15) is 4.79 Å². The van der Waals surface area contributed by atoms with Gasteiger partial charge in [-0.2, -0.15) is 0 Å². The number of methoxy groups -OCH3 is 1. The van der Waals surface area contributed by atoms with Gasteiger partial charge in [0.25, 0.3) is 0 Å². The van der Waals surface area contributed by atoms with Crippen molar-refractivity contribution >= 4 is 29.0 Å². The Hall–Kier alpha value is -0.730. The number of rotatable bonds is 3. The van der Waals surface area contributed by atoms with Crippen LogP contribution in [0.5, 0.6) is 5.75 Å². The summed E-state index contributed by atoms with van der Waals surface area (Å²) in [6.07, 6.45) is 0. The number of carbonyl (C=O) groups is 1. The van der Waals surface area contributed by atoms with E-state index >= 15 is 0 Å². The molecule has 1 aromatic rings. The Morgan fingerprint density at radius 2 is 2.14 bits per heavy atom. The highest BCUT2D eigenvalue weighted by Crippen LogP contribution is 2.31. The van der Waals surface area contributed by atoms with Crippen molar-refractivity contribution in [3.8, 4) is 5.75 Å². The van der Waals surface area contributed by atoms with E-state index < -0.39 is 0 Å². The van der Waals surface area contributed by atoms with Gasteiger partial charge in [-0.1, -0.05) is 17.7 Å². The molecule has 0 aliphatic carbocycles. The molecule has 1 rings (SSSR count). The van der Waals surface area contributed by atoms with Gasteiger partial charge in [-0.3, -0.25) is 4.79 Å². The molecule has 0 bridgehead atoms. The number of halogens is 2. The van der Waals surface area contributed by atoms with Gasteiger partial charge >= 0.3 is 0 Å². The normalized spacial score (nSPS) is 10.0. The van der Waals surface area contributed by atoms with Crippen molar-refractivity contribution < 1.29 is 9.53 Å². The first-order valence-electron chi connectivity index (χ1n) is 4.04. The summed E-state index contributed by atoms with van der Waals surface area (Å²) in [5.74, 6) is 0.137. The molecule has 0 spiro atoms. The Morgan fingerprint density at radius 3 is 2.64 bits per heavy atom. The van der Waals surface area contributed by atoms with Crippen molar-refractivity contribution in [2.75, 3.05) is 13.0 Å². The van der Waals surface area contributed by atoms with E-state index in [4.69, 9.17) is 27.9 Å². The molecule has 0 aliphatic rings. The van der Waals surface area contributed by atoms with Gasteiger partial charge in [0.2, 0.25) is 0 Å². The first-order chi connectivity index (χ1) is 6.61. The maximum Gasteiger partial charge on any atom is 0.181 e. The maximum absolute atomic E-state index is 11.4. The minimum atomic E-state index is -0.189. The number of benzene rings is 1. The minimum absolute atomic E-state index is 0.0737. The van der Waals surface area contributed by atoms with Gasteiger partial charge in [0, 0.05) is 0 Å². The summed E-state index contributed by atoms with van der Waals surface area (Å²) < 4.78 is 5.07. The Balaban J connectivity index is 3.31. The molecular weight excluding hydrogens is 223 g/mol. The lowest BCUT2D eigenvalue weighted by molar-refractivity contribution is 0.101. The molecule has 76 valence electrons. The molecule has 14 heavy (non-hydrogen) atoms. The Morgan fingerprint density at radius 1 is 1.50 bits per heavy atom. The summed E-state index contributed by atoms with van der Waals surface area (Å²) in [7, 11) is 1.48. The molecule has 1 aromatic carbocycles. The van der Waals surface area contributed by atoms with Crippen molar-refractivity contribution in [3.63, 3.8) is 0 Å². The average Bonchev–Trinajstić information content (AvgIpc) is 2.20. The summed E-state index contributed by atoms with van der Waals surface area (Å²) in [5.41, 5.74) is 1.30. The van der Waals surface area contributed by atoms with Crippen molar-refractivity contribution in [2.45, 2.75) is 6.92 Å². The number of hydrogen-bond acceptors (Lipinski definition) is 2. The van der Waals surface area contributed by atoms with E-state index in [1.165, 1.54) is 7.11 Å². The van der Waals surface area contributed by atoms with E-state index in [2.05, 4.69) is 0 Å². The van der Waals surface area contributed by atoms with E-state index in [1.807, 2.05) is 6.92 Å². The zero-order valence-corrected chi connectivity index (χ0v) is 9.45. The molecule has 0 saturated carbocycles. The Labute approximate surface area is 92.8 Å². The number of carbonyl (C=O) groups excluding carboxylic acids is 1. The van der Waals surface area contributed by atoms with Crippen molar-refractivity contribution in [1.29, 1.82) is 0 Å². The second kappa shape index (κ2) is 4.67. The van der Waals surface area contributed by atoms with Crippen LogP contribution in [0.1, 0.15) is 15.9 Å². The van der Waals surface area contributed by atoms with Crippen molar-refractivity contribution in [3.05, 3.63) is 28.3 Å². The lowest BCUT2D eigenvalue weighted by atomic mass is 10.1. The fraction of sp³-hybridized carbons (Fsp3) is 0.300. The molecule has 0 amide bonds. The van der Waals surface area contributed by atoms with Gasteiger partial charge in [0.05, 0.1) is 23.6 Å². The van der Waals surface area contributed by atoms with Gasteiger partial charge in [-0.25, -0.2) is 0 Å². The third kappa shape index (κ3) is 2.02. The second-order valence-corrected chi connectivity index (χ2v) is 3.48. The summed E-state index contributed by atoms with van der Waals surface area (Å²) in [6, 6.07) is 3.44. The van der Waals surface area contributed by atoms with Gasteiger partial charge in [0.1, 0.15) is 5.75 Å². The number of ether oxygens (including phenoxy) is 1. The summed E-state index contributed by atoms with van der Waals surface area (Å²) in [4.78, 5) is 11.4. The third-order valence-electron chi connectivity index (χ3n) is 1.92. The number of hydrogen-bond donors (Lipinski definition) is 0. The first kappa shape index (κ1) is 11.3. The molecule has 0 aliphatic heterocycles. The molecule has 4 heteroatoms. The van der Waals surface area contributed by atoms with Gasteiger partial charge in [0.15, 0.2) is 5.78 Å². The zero-order valence-electron chi connectivity index (χ0n) is 7.93. The third-order valence-corrected chi connectivity index (χ3v) is 2.63. The zero-order chi connectivity index (χ0) is 10.7. The molecule has 0 saturated heterocycles. The number of aryl methyl sites for hydroxylation is 1. The standard InChI is InChI=1S/C10H10Cl2O2/c1-6-3-4-7(8(13)5-11)10(14-2)9(6)12/h3-4H,5H2,1-2H3. The molecule has 0 radical (unpaired) electrons. The molecule has 0 fully saturated rings. The van der Waals surface area contributed by atoms with E-state index in [1.54, 1.807) is 12.1 Å². The quantitative estimate of drug-likeness (QED) is 0.592. The topological polar surface area (TPSA) is 26.3 Å². The van der Waals surface area contributed by atoms with Gasteiger partial charge in [-0.15, -0.1) is 11.6 Å². The molecule has 0 N–H and O–H groups in total. The Bertz CT molecular complexity index is 361. The summed E-state index contributed by atoms with van der Waals surface area (Å²) in [5, 5.41) is 0.462. The predicted octanol–water partition coefficient (Wildman–Crippen LogP) is 3.08. The largest absolute Gasteiger partial charge is 0.494 e. The summed E-state index contributed by atoms with van der Waals surface area (Å²) in [6.45, 7) is 1.85. The molecule has 0 aromatic heterocycles. The van der Waals surface area contributed by atoms with Crippen molar-refractivity contribution in [1.82, 2.24) is 0 Å². The fourth-order valence-corrected chi connectivity index (χ4v) is 1.53. The number of Topliss-reactive ketones (excluding diaryl/α,β-unsaturated/α-hetero) is 1. The van der Waals surface area contributed by atoms with Crippen LogP contribution in [0.25, 0.3) is 0 Å². The van der Waals surface area contributed by atoms with Crippen LogP contribution in [0.4, 0.5) is 0 Å². The molecule has 0 heterocycles. The Kier molecular flexibility index (Phi) is 3.78. The molecule has 2 nitrogen and oxygen atoms in total. The van der Waals surface area contributed by atoms with Crippen LogP contribution < -0.4 is 4.74 Å². The van der Waals surface area contributed by atoms with Crippen LogP contribution in [0.2, 0.25) is 5.02 Å². The van der Waals surface area contributed by atoms with Crippen LogP contribution >= 0.6 is 23.2 Å². The van der Waals surface area contributed by atoms with Gasteiger partial charge < -0.3 is 4.74 Å². The van der Waals surface area contributed by atoms with Crippen molar-refractivity contribution in [2.24, 2.45) is 0 Å². The molecular formula is C10H10Cl2O2. The SMILES string of the molecule is COc1c(C(=O)CCl)ccc(C)c1Cl. The van der Waals surface area contributed by atoms with Crippen LogP contribution in [0.15, 0.2) is 12.1 Å². The van der Waals surface area contributed by atoms with Crippen LogP contribution in [-0.4, -0.2) is 18.8 Å². The second-order valence-electron chi connectivity index (χ2n) is 2.83. The van der Waals surface area contributed by atoms with Crippen LogP contribution in [0.3, 0.4) is 0 Å². The highest BCUT2D eigenvalue weighted by molar-refractivity contribution is 6.35. The van der Waals surface area contributed by atoms with Crippen LogP contribution in [-0.2, 0) is 0 Å². The lowest BCUT2D eigenvalue weighted by Crippen LogP contribution is -2.04. The van der Waals surface area contributed by atoms with Gasteiger partial charge in [-0.05, 0) is 18.6 Å². The number of alkyl halides is 1. The first-order valence-corrected chi connectivity index (χ1v) is 4.95. The molecule has 0 atom stereocenters. The van der Waals surface area contributed by atoms with E-state index in [0.29, 0.717) is 16.3 Å². The van der Waals surface area contributed by atoms with E-state index in [0.717, 1.165) is 5.56 Å². The maximum atomic E-state index is 11.4. The predicted molar refractivity (Wildman–Crippen MR) is 57.8 cm³/mol. The molecule has 0 unspecified atom stereocenters. The van der Waals surface area contributed by atoms with E-state index in [-0.39, 0.29) is 11.7 Å². The highest BCUT2D eigenvalue weighted by atomic mass is 35.5. The fourth-order valence-electron chi connectivity index (χ4n) is 1.15. The smallest absolute Gasteiger partial charge is 0.181 e. The highest BCUT2D eigenvalue weighted by Gasteiger charge is 2.15. The summed E-state index contributed by atoms with van der Waals surface area (Å²) >= 11 is 11.4. The van der Waals surface area contributed by atoms with Crippen LogP contribution in [0, 0.1) is 6.92 Å². The number of ketones is 1. The minimum Gasteiger partial charge on any atom is -0.494 e. The monoisotopic (exact) mass is 232 g/mol. The lowest BCUT2D eigenvalue weighted by Gasteiger charge is -2.09. The average molecular weight is 233 g/mol.